The first-order chi connectivity index (χ1) is 6.43. The average molecular weight is 261 g/mol. The fraction of sp³-hybridized carbons (Fsp3) is 0.455. The van der Waals surface area contributed by atoms with Crippen molar-refractivity contribution in [1.29, 1.82) is 0 Å². The number of hydrogen-bond acceptors (Lipinski definition) is 1. The lowest BCUT2D eigenvalue weighted by Crippen LogP contribution is -2.00. The van der Waals surface area contributed by atoms with Gasteiger partial charge in [0.15, 0.2) is 0 Å². The topological polar surface area (TPSA) is 20.2 Å². The fourth-order valence-corrected chi connectivity index (χ4v) is 2.12. The summed E-state index contributed by atoms with van der Waals surface area (Å²) < 4.78 is 14.2. The molecule has 14 heavy (non-hydrogen) atoms. The number of aliphatic hydroxyl groups is 1. The molecule has 0 fully saturated rings. The minimum atomic E-state index is -0.786. The van der Waals surface area contributed by atoms with Crippen LogP contribution >= 0.6 is 15.9 Å². The Hall–Kier alpha value is -0.410. The van der Waals surface area contributed by atoms with Crippen LogP contribution in [0.25, 0.3) is 0 Å². The van der Waals surface area contributed by atoms with Crippen LogP contribution in [0.2, 0.25) is 0 Å². The zero-order valence-electron chi connectivity index (χ0n) is 8.51. The Balaban J connectivity index is 3.25. The average Bonchev–Trinajstić information content (AvgIpc) is 2.01. The third-order valence-corrected chi connectivity index (χ3v) is 2.84. The lowest BCUT2D eigenvalue weighted by molar-refractivity contribution is 0.193. The molecular formula is C11H14BrFO. The van der Waals surface area contributed by atoms with Crippen molar-refractivity contribution in [3.63, 3.8) is 0 Å². The van der Waals surface area contributed by atoms with Gasteiger partial charge in [-0.3, -0.25) is 0 Å². The highest BCUT2D eigenvalue weighted by Crippen LogP contribution is 2.30. The summed E-state index contributed by atoms with van der Waals surface area (Å²) in [5, 5.41) is 9.34. The fourth-order valence-electron chi connectivity index (χ4n) is 1.34. The molecule has 0 bridgehead atoms. The van der Waals surface area contributed by atoms with E-state index in [4.69, 9.17) is 0 Å². The molecule has 1 aromatic carbocycles. The second-order valence-corrected chi connectivity index (χ2v) is 4.58. The molecule has 1 unspecified atom stereocenters. The van der Waals surface area contributed by atoms with E-state index in [9.17, 15) is 9.50 Å². The Morgan fingerprint density at radius 2 is 1.86 bits per heavy atom. The van der Waals surface area contributed by atoms with Crippen LogP contribution in [0.15, 0.2) is 16.6 Å². The summed E-state index contributed by atoms with van der Waals surface area (Å²) in [6.45, 7) is 5.56. The van der Waals surface area contributed by atoms with Crippen molar-refractivity contribution in [1.82, 2.24) is 0 Å². The third-order valence-electron chi connectivity index (χ3n) is 2.19. The number of halogens is 2. The maximum Gasteiger partial charge on any atom is 0.130 e. The van der Waals surface area contributed by atoms with Crippen molar-refractivity contribution in [3.05, 3.63) is 33.5 Å². The molecule has 0 aliphatic heterocycles. The summed E-state index contributed by atoms with van der Waals surface area (Å²) in [6.07, 6.45) is -0.786. The van der Waals surface area contributed by atoms with Crippen molar-refractivity contribution < 1.29 is 9.50 Å². The molecule has 3 heteroatoms. The molecule has 0 heterocycles. The number of rotatable bonds is 2. The van der Waals surface area contributed by atoms with Crippen molar-refractivity contribution in [2.75, 3.05) is 0 Å². The quantitative estimate of drug-likeness (QED) is 0.859. The molecule has 1 nitrogen and oxygen atoms in total. The van der Waals surface area contributed by atoms with Crippen LogP contribution in [0.1, 0.15) is 43.9 Å². The smallest absolute Gasteiger partial charge is 0.130 e. The second-order valence-electron chi connectivity index (χ2n) is 3.73. The van der Waals surface area contributed by atoms with E-state index in [-0.39, 0.29) is 11.7 Å². The standard InChI is InChI=1S/C11H14BrFO/c1-6(2)8-4-9(12)11(7(3)14)10(13)5-8/h4-7,14H,1-3H3. The maximum absolute atomic E-state index is 13.5. The van der Waals surface area contributed by atoms with Gasteiger partial charge in [-0.25, -0.2) is 4.39 Å². The highest BCUT2D eigenvalue weighted by atomic mass is 79.9. The van der Waals surface area contributed by atoms with Crippen LogP contribution in [0.5, 0.6) is 0 Å². The maximum atomic E-state index is 13.5. The van der Waals surface area contributed by atoms with E-state index in [1.54, 1.807) is 6.92 Å². The molecule has 1 atom stereocenters. The second kappa shape index (κ2) is 4.41. The minimum absolute atomic E-state index is 0.281. The van der Waals surface area contributed by atoms with Gasteiger partial charge in [-0.1, -0.05) is 29.8 Å². The molecule has 0 saturated carbocycles. The lowest BCUT2D eigenvalue weighted by Gasteiger charge is -2.13. The zero-order chi connectivity index (χ0) is 10.9. The molecule has 1 rings (SSSR count). The van der Waals surface area contributed by atoms with Crippen LogP contribution in [-0.2, 0) is 0 Å². The highest BCUT2D eigenvalue weighted by molar-refractivity contribution is 9.10. The van der Waals surface area contributed by atoms with Gasteiger partial charge in [-0.05, 0) is 30.5 Å². The summed E-state index contributed by atoms with van der Waals surface area (Å²) in [7, 11) is 0. The predicted octanol–water partition coefficient (Wildman–Crippen LogP) is 3.76. The van der Waals surface area contributed by atoms with Gasteiger partial charge in [-0.15, -0.1) is 0 Å². The number of hydrogen-bond donors (Lipinski definition) is 1. The van der Waals surface area contributed by atoms with E-state index in [0.29, 0.717) is 10.0 Å². The van der Waals surface area contributed by atoms with Crippen LogP contribution in [0.3, 0.4) is 0 Å². The Morgan fingerprint density at radius 1 is 1.29 bits per heavy atom. The highest BCUT2D eigenvalue weighted by Gasteiger charge is 2.14. The van der Waals surface area contributed by atoms with E-state index in [1.165, 1.54) is 6.07 Å². The Labute approximate surface area is 92.1 Å². The normalized spacial score (nSPS) is 13.4. The van der Waals surface area contributed by atoms with E-state index < -0.39 is 6.10 Å². The van der Waals surface area contributed by atoms with E-state index >= 15 is 0 Å². The van der Waals surface area contributed by atoms with Crippen molar-refractivity contribution in [3.8, 4) is 0 Å². The third kappa shape index (κ3) is 2.34. The SMILES string of the molecule is CC(C)c1cc(F)c(C(C)O)c(Br)c1. The predicted molar refractivity (Wildman–Crippen MR) is 58.8 cm³/mol. The number of aliphatic hydroxyl groups excluding tert-OH is 1. The summed E-state index contributed by atoms with van der Waals surface area (Å²) >= 11 is 3.27. The Morgan fingerprint density at radius 3 is 2.21 bits per heavy atom. The Kier molecular flexibility index (Phi) is 3.67. The molecule has 0 amide bonds. The van der Waals surface area contributed by atoms with Gasteiger partial charge in [0.2, 0.25) is 0 Å². The molecule has 0 aliphatic rings. The van der Waals surface area contributed by atoms with Gasteiger partial charge in [-0.2, -0.15) is 0 Å². The van der Waals surface area contributed by atoms with Crippen LogP contribution in [0, 0.1) is 5.82 Å². The van der Waals surface area contributed by atoms with Gasteiger partial charge >= 0.3 is 0 Å². The van der Waals surface area contributed by atoms with Crippen LogP contribution < -0.4 is 0 Å². The monoisotopic (exact) mass is 260 g/mol. The molecule has 1 N–H and O–H groups in total. The van der Waals surface area contributed by atoms with Gasteiger partial charge in [0.05, 0.1) is 6.10 Å². The molecule has 0 aromatic heterocycles. The van der Waals surface area contributed by atoms with E-state index in [1.807, 2.05) is 19.9 Å². The van der Waals surface area contributed by atoms with Gasteiger partial charge < -0.3 is 5.11 Å². The van der Waals surface area contributed by atoms with E-state index in [0.717, 1.165) is 5.56 Å². The number of benzene rings is 1. The zero-order valence-corrected chi connectivity index (χ0v) is 10.1. The van der Waals surface area contributed by atoms with Gasteiger partial charge in [0.1, 0.15) is 5.82 Å². The van der Waals surface area contributed by atoms with Crippen LogP contribution in [0.4, 0.5) is 4.39 Å². The first-order valence-corrected chi connectivity index (χ1v) is 5.39. The minimum Gasteiger partial charge on any atom is -0.389 e. The molecule has 0 spiro atoms. The van der Waals surface area contributed by atoms with Gasteiger partial charge in [0, 0.05) is 10.0 Å². The molecule has 78 valence electrons. The lowest BCUT2D eigenvalue weighted by atomic mass is 10.00. The molecule has 0 radical (unpaired) electrons. The van der Waals surface area contributed by atoms with E-state index in [2.05, 4.69) is 15.9 Å². The molecular weight excluding hydrogens is 247 g/mol. The molecule has 0 aliphatic carbocycles. The Bertz CT molecular complexity index is 311. The summed E-state index contributed by atoms with van der Waals surface area (Å²) in [6, 6.07) is 3.34. The van der Waals surface area contributed by atoms with Crippen LogP contribution in [-0.4, -0.2) is 5.11 Å². The first-order valence-electron chi connectivity index (χ1n) is 4.60. The summed E-state index contributed by atoms with van der Waals surface area (Å²) in [4.78, 5) is 0. The molecule has 0 saturated heterocycles. The first kappa shape index (κ1) is 11.7. The largest absolute Gasteiger partial charge is 0.389 e. The summed E-state index contributed by atoms with van der Waals surface area (Å²) in [5.41, 5.74) is 1.26. The van der Waals surface area contributed by atoms with Crippen molar-refractivity contribution >= 4 is 15.9 Å². The van der Waals surface area contributed by atoms with Gasteiger partial charge in [0.25, 0.3) is 0 Å². The van der Waals surface area contributed by atoms with Crippen molar-refractivity contribution in [2.45, 2.75) is 32.8 Å². The molecule has 1 aromatic rings. The summed E-state index contributed by atoms with van der Waals surface area (Å²) in [5.74, 6) is -0.0677. The van der Waals surface area contributed by atoms with Crippen molar-refractivity contribution in [2.24, 2.45) is 0 Å².